The Morgan fingerprint density at radius 1 is 1.05 bits per heavy atom. The first kappa shape index (κ1) is 30.1. The Hall–Kier alpha value is -3.49. The van der Waals surface area contributed by atoms with E-state index in [0.29, 0.717) is 25.1 Å². The lowest BCUT2D eigenvalue weighted by atomic mass is 10.0. The van der Waals surface area contributed by atoms with Gasteiger partial charge in [-0.15, -0.1) is 12.4 Å². The van der Waals surface area contributed by atoms with E-state index < -0.39 is 0 Å². The van der Waals surface area contributed by atoms with Crippen LogP contribution in [0.2, 0.25) is 0 Å². The van der Waals surface area contributed by atoms with Crippen LogP contribution in [0.5, 0.6) is 5.75 Å². The van der Waals surface area contributed by atoms with Gasteiger partial charge < -0.3 is 20.1 Å². The number of hydrogen-bond donors (Lipinski definition) is 2. The summed E-state index contributed by atoms with van der Waals surface area (Å²) in [5.41, 5.74) is 7.54. The van der Waals surface area contributed by atoms with Crippen molar-refractivity contribution in [3.8, 4) is 5.75 Å². The molecule has 39 heavy (non-hydrogen) atoms. The second-order valence-electron chi connectivity index (χ2n) is 9.31. The fraction of sp³-hybridized carbons (Fsp3) is 0.300. The Balaban J connectivity index is 0.00000420. The predicted octanol–water partition coefficient (Wildman–Crippen LogP) is 5.34. The zero-order valence-corrected chi connectivity index (χ0v) is 23.5. The van der Waals surface area contributed by atoms with Crippen LogP contribution in [-0.4, -0.2) is 48.9 Å². The lowest BCUT2D eigenvalue weighted by molar-refractivity contribution is -0.144. The smallest absolute Gasteiger partial charge is 0.306 e. The molecule has 2 atom stereocenters. The second-order valence-corrected chi connectivity index (χ2v) is 10.5. The van der Waals surface area contributed by atoms with Crippen molar-refractivity contribution in [2.45, 2.75) is 41.5 Å². The molecule has 1 amide bonds. The largest absolute Gasteiger partial charge is 0.491 e. The maximum Gasteiger partial charge on any atom is 0.306 e. The number of carbonyl (C=O) groups is 2. The van der Waals surface area contributed by atoms with Crippen LogP contribution in [-0.2, 0) is 20.7 Å². The van der Waals surface area contributed by atoms with Crippen LogP contribution >= 0.6 is 24.2 Å². The number of methoxy groups -OCH3 is 1. The topological polar surface area (TPSA) is 106 Å². The van der Waals surface area contributed by atoms with E-state index in [1.54, 1.807) is 11.8 Å². The Morgan fingerprint density at radius 3 is 2.49 bits per heavy atom. The van der Waals surface area contributed by atoms with E-state index in [0.717, 1.165) is 28.4 Å². The van der Waals surface area contributed by atoms with Gasteiger partial charge in [0.2, 0.25) is 5.91 Å². The van der Waals surface area contributed by atoms with E-state index in [4.69, 9.17) is 20.6 Å². The molecule has 1 fully saturated rings. The van der Waals surface area contributed by atoms with Crippen LogP contribution in [0.15, 0.2) is 88.7 Å². The molecule has 1 aliphatic heterocycles. The highest BCUT2D eigenvalue weighted by atomic mass is 35.5. The molecule has 1 heterocycles. The van der Waals surface area contributed by atoms with E-state index in [2.05, 4.69) is 12.1 Å². The molecule has 3 aromatic carbocycles. The van der Waals surface area contributed by atoms with E-state index in [1.807, 2.05) is 71.6 Å². The highest BCUT2D eigenvalue weighted by Gasteiger charge is 2.40. The van der Waals surface area contributed by atoms with Crippen molar-refractivity contribution in [1.82, 2.24) is 4.90 Å². The maximum atomic E-state index is 13.1. The van der Waals surface area contributed by atoms with Crippen LogP contribution < -0.4 is 10.5 Å². The van der Waals surface area contributed by atoms with Crippen molar-refractivity contribution in [1.29, 1.82) is 5.41 Å². The van der Waals surface area contributed by atoms with Crippen molar-refractivity contribution in [2.24, 2.45) is 11.7 Å². The molecule has 0 bridgehead atoms. The van der Waals surface area contributed by atoms with Gasteiger partial charge in [0, 0.05) is 21.9 Å². The minimum absolute atomic E-state index is 0. The Labute approximate surface area is 240 Å². The number of amidine groups is 1. The number of benzene rings is 3. The molecule has 0 spiro atoms. The molecule has 0 unspecified atom stereocenters. The lowest BCUT2D eigenvalue weighted by Gasteiger charge is -2.25. The molecule has 206 valence electrons. The second kappa shape index (κ2) is 14.6. The summed E-state index contributed by atoms with van der Waals surface area (Å²) in [5, 5.41) is 7.62. The zero-order chi connectivity index (χ0) is 26.9. The van der Waals surface area contributed by atoms with Crippen LogP contribution in [0.1, 0.15) is 30.4 Å². The van der Waals surface area contributed by atoms with Gasteiger partial charge in [-0.05, 0) is 61.2 Å². The number of hydrogen-bond acceptors (Lipinski definition) is 6. The van der Waals surface area contributed by atoms with Gasteiger partial charge in [-0.2, -0.15) is 0 Å². The van der Waals surface area contributed by atoms with Crippen LogP contribution in [0, 0.1) is 11.3 Å². The molecule has 0 aromatic heterocycles. The molecule has 9 heteroatoms. The lowest BCUT2D eigenvalue weighted by Crippen LogP contribution is -2.38. The summed E-state index contributed by atoms with van der Waals surface area (Å²) in [6.45, 7) is 0.982. The van der Waals surface area contributed by atoms with Crippen LogP contribution in [0.25, 0.3) is 0 Å². The van der Waals surface area contributed by atoms with E-state index in [9.17, 15) is 9.59 Å². The number of rotatable bonds is 12. The van der Waals surface area contributed by atoms with Crippen LogP contribution in [0.3, 0.4) is 0 Å². The number of carbonyl (C=O) groups excluding carboxylic acids is 2. The van der Waals surface area contributed by atoms with Gasteiger partial charge in [0.25, 0.3) is 0 Å². The summed E-state index contributed by atoms with van der Waals surface area (Å²) in [7, 11) is 1.35. The number of likely N-dealkylation sites (tertiary alicyclic amines) is 1. The molecule has 1 saturated heterocycles. The van der Waals surface area contributed by atoms with Crippen molar-refractivity contribution in [2.75, 3.05) is 20.3 Å². The molecule has 0 aliphatic carbocycles. The number of halogens is 1. The van der Waals surface area contributed by atoms with Gasteiger partial charge in [0.15, 0.2) is 0 Å². The summed E-state index contributed by atoms with van der Waals surface area (Å²) in [5.74, 6) is 0.0227. The van der Waals surface area contributed by atoms with Crippen LogP contribution in [0.4, 0.5) is 0 Å². The molecular weight excluding hydrogens is 534 g/mol. The number of nitrogens with two attached hydrogens (primary N) is 1. The summed E-state index contributed by atoms with van der Waals surface area (Å²) in [6.07, 6.45) is 2.39. The Bertz CT molecular complexity index is 1260. The van der Waals surface area contributed by atoms with Gasteiger partial charge in [-0.3, -0.25) is 15.0 Å². The minimum atomic E-state index is -0.377. The van der Waals surface area contributed by atoms with Crippen molar-refractivity contribution < 1.29 is 19.1 Å². The average molecular weight is 568 g/mol. The van der Waals surface area contributed by atoms with Gasteiger partial charge in [0.1, 0.15) is 18.2 Å². The molecular formula is C30H34ClN3O4S. The van der Waals surface area contributed by atoms with Gasteiger partial charge in [0.05, 0.1) is 25.5 Å². The zero-order valence-electron chi connectivity index (χ0n) is 21.9. The molecule has 0 saturated carbocycles. The summed E-state index contributed by atoms with van der Waals surface area (Å²) in [6, 6.07) is 25.5. The number of nitrogens with zero attached hydrogens (tertiary/aromatic N) is 1. The molecule has 0 radical (unpaired) electrons. The predicted molar refractivity (Wildman–Crippen MR) is 156 cm³/mol. The number of aryl methyl sites for hydroxylation is 1. The number of ether oxygens (including phenoxy) is 2. The van der Waals surface area contributed by atoms with Gasteiger partial charge in [-0.1, -0.05) is 54.2 Å². The molecule has 3 aromatic rings. The number of nitrogens with one attached hydrogen (secondary N) is 1. The van der Waals surface area contributed by atoms with Gasteiger partial charge in [-0.25, -0.2) is 0 Å². The first-order chi connectivity index (χ1) is 18.4. The highest BCUT2D eigenvalue weighted by Crippen LogP contribution is 2.31. The van der Waals surface area contributed by atoms with E-state index in [-0.39, 0.29) is 48.5 Å². The fourth-order valence-electron chi connectivity index (χ4n) is 4.63. The number of amides is 1. The number of nitrogen functional groups attached to an aromatic ring is 1. The third-order valence-corrected chi connectivity index (χ3v) is 7.62. The highest BCUT2D eigenvalue weighted by molar-refractivity contribution is 7.99. The third-order valence-electron chi connectivity index (χ3n) is 6.62. The molecule has 7 nitrogen and oxygen atoms in total. The summed E-state index contributed by atoms with van der Waals surface area (Å²) >= 11 is 1.58. The quantitative estimate of drug-likeness (QED) is 0.174. The maximum absolute atomic E-state index is 13.1. The minimum Gasteiger partial charge on any atom is -0.491 e. The van der Waals surface area contributed by atoms with Crippen molar-refractivity contribution in [3.63, 3.8) is 0 Å². The Kier molecular flexibility index (Phi) is 11.3. The fourth-order valence-corrected chi connectivity index (χ4v) is 5.51. The average Bonchev–Trinajstić information content (AvgIpc) is 3.22. The summed E-state index contributed by atoms with van der Waals surface area (Å²) in [4.78, 5) is 28.9. The van der Waals surface area contributed by atoms with E-state index in [1.165, 1.54) is 12.7 Å². The monoisotopic (exact) mass is 567 g/mol. The van der Waals surface area contributed by atoms with Crippen molar-refractivity contribution in [3.05, 3.63) is 90.0 Å². The Morgan fingerprint density at radius 2 is 1.79 bits per heavy atom. The first-order valence-electron chi connectivity index (χ1n) is 12.7. The normalized spacial score (nSPS) is 16.4. The summed E-state index contributed by atoms with van der Waals surface area (Å²) < 4.78 is 10.9. The number of esters is 1. The van der Waals surface area contributed by atoms with E-state index >= 15 is 0 Å². The molecule has 3 N–H and O–H groups in total. The SMILES string of the molecule is COC(=O)C[C@@H]1C[C@@H](COc2ccc(Sc3cccc(C(=N)N)c3)cc2)N(CCCc2ccccc2)C1=O.Cl. The van der Waals surface area contributed by atoms with Crippen molar-refractivity contribution >= 4 is 41.9 Å². The first-order valence-corrected chi connectivity index (χ1v) is 13.5. The third kappa shape index (κ3) is 8.50. The standard InChI is InChI=1S/C30H33N3O4S.ClH/c1-36-28(34)19-23-17-24(33(30(23)35)16-6-9-21-7-3-2-4-8-21)20-37-25-12-14-26(15-13-25)38-27-11-5-10-22(18-27)29(31)32;/h2-5,7-8,10-15,18,23-24H,6,9,16-17,19-20H2,1H3,(H3,31,32);1H/t23-,24-;/m0./s1. The molecule has 4 rings (SSSR count). The molecule has 1 aliphatic rings. The van der Waals surface area contributed by atoms with Gasteiger partial charge >= 0.3 is 5.97 Å².